The zero-order valence-electron chi connectivity index (χ0n) is 6.91. The third kappa shape index (κ3) is 3.95. The third-order valence-electron chi connectivity index (χ3n) is 1.68. The first-order valence-corrected chi connectivity index (χ1v) is 3.57. The van der Waals surface area contributed by atoms with Gasteiger partial charge in [0.1, 0.15) is 6.04 Å². The van der Waals surface area contributed by atoms with Gasteiger partial charge in [-0.1, -0.05) is 6.92 Å². The summed E-state index contributed by atoms with van der Waals surface area (Å²) in [5.74, 6) is -0.985. The Kier molecular flexibility index (Phi) is 4.81. The third-order valence-corrected chi connectivity index (χ3v) is 1.68. The Morgan fingerprint density at radius 3 is 2.64 bits per heavy atom. The van der Waals surface area contributed by atoms with Crippen LogP contribution in [0.2, 0.25) is 0 Å². The number of carbonyl (C=O) groups is 1. The number of hydrogen-bond acceptors (Lipinski definition) is 3. The van der Waals surface area contributed by atoms with Crippen LogP contribution in [0, 0.1) is 5.92 Å². The van der Waals surface area contributed by atoms with Gasteiger partial charge in [0.05, 0.1) is 0 Å². The molecular weight excluding hydrogens is 146 g/mol. The summed E-state index contributed by atoms with van der Waals surface area (Å²) in [6.07, 6.45) is 0.684. The molecule has 0 aromatic rings. The molecule has 4 heteroatoms. The Hall–Kier alpha value is -0.610. The fourth-order valence-electron chi connectivity index (χ4n) is 0.727. The number of carboxylic acids is 1. The summed E-state index contributed by atoms with van der Waals surface area (Å²) in [5.41, 5.74) is 5.35. The summed E-state index contributed by atoms with van der Waals surface area (Å²) in [4.78, 5) is 10.3. The zero-order valence-corrected chi connectivity index (χ0v) is 6.91. The minimum atomic E-state index is -0.950. The van der Waals surface area contributed by atoms with E-state index in [1.807, 2.05) is 0 Å². The molecule has 2 atom stereocenters. The quantitative estimate of drug-likeness (QED) is 0.598. The van der Waals surface area contributed by atoms with Crippen molar-refractivity contribution in [1.29, 1.82) is 0 Å². The first-order chi connectivity index (χ1) is 5.09. The lowest BCUT2D eigenvalue weighted by molar-refractivity contribution is -0.139. The van der Waals surface area contributed by atoms with Crippen LogP contribution in [0.3, 0.4) is 0 Å². The molecule has 0 bridgehead atoms. The van der Waals surface area contributed by atoms with Gasteiger partial charge in [-0.05, 0) is 12.3 Å². The summed E-state index contributed by atoms with van der Waals surface area (Å²) < 4.78 is 4.79. The maximum atomic E-state index is 10.3. The molecule has 0 heterocycles. The van der Waals surface area contributed by atoms with Crippen molar-refractivity contribution in [3.8, 4) is 0 Å². The van der Waals surface area contributed by atoms with Crippen LogP contribution in [-0.2, 0) is 9.53 Å². The van der Waals surface area contributed by atoms with E-state index in [9.17, 15) is 4.79 Å². The molecule has 0 rings (SSSR count). The Labute approximate surface area is 66.3 Å². The van der Waals surface area contributed by atoms with E-state index in [-0.39, 0.29) is 5.92 Å². The van der Waals surface area contributed by atoms with Gasteiger partial charge in [0.15, 0.2) is 0 Å². The number of nitrogens with two attached hydrogens (primary N) is 1. The maximum Gasteiger partial charge on any atom is 0.320 e. The van der Waals surface area contributed by atoms with E-state index in [2.05, 4.69) is 0 Å². The van der Waals surface area contributed by atoms with Crippen molar-refractivity contribution in [3.05, 3.63) is 0 Å². The summed E-state index contributed by atoms with van der Waals surface area (Å²) in [5, 5.41) is 8.49. The van der Waals surface area contributed by atoms with Gasteiger partial charge in [0.2, 0.25) is 0 Å². The van der Waals surface area contributed by atoms with E-state index >= 15 is 0 Å². The van der Waals surface area contributed by atoms with Gasteiger partial charge in [-0.2, -0.15) is 0 Å². The van der Waals surface area contributed by atoms with Crippen molar-refractivity contribution < 1.29 is 14.6 Å². The molecule has 0 fully saturated rings. The van der Waals surface area contributed by atoms with Crippen LogP contribution in [-0.4, -0.2) is 30.8 Å². The molecule has 3 N–H and O–H groups in total. The molecule has 0 saturated heterocycles. The Morgan fingerprint density at radius 1 is 1.73 bits per heavy atom. The second-order valence-electron chi connectivity index (χ2n) is 2.62. The Morgan fingerprint density at radius 2 is 2.27 bits per heavy atom. The van der Waals surface area contributed by atoms with Crippen molar-refractivity contribution in [2.24, 2.45) is 11.7 Å². The van der Waals surface area contributed by atoms with E-state index in [1.165, 1.54) is 0 Å². The molecule has 0 radical (unpaired) electrons. The lowest BCUT2D eigenvalue weighted by Crippen LogP contribution is -2.37. The lowest BCUT2D eigenvalue weighted by Gasteiger charge is -2.14. The van der Waals surface area contributed by atoms with Crippen LogP contribution >= 0.6 is 0 Å². The number of hydrogen-bond donors (Lipinski definition) is 2. The van der Waals surface area contributed by atoms with Crippen LogP contribution in [0.5, 0.6) is 0 Å². The van der Waals surface area contributed by atoms with Crippen LogP contribution in [0.1, 0.15) is 13.3 Å². The molecule has 0 aromatic carbocycles. The Bertz CT molecular complexity index is 127. The second-order valence-corrected chi connectivity index (χ2v) is 2.62. The molecule has 0 aliphatic heterocycles. The van der Waals surface area contributed by atoms with Crippen LogP contribution < -0.4 is 5.73 Å². The molecule has 1 unspecified atom stereocenters. The molecule has 0 amide bonds. The molecular formula is C7H15NO3. The average molecular weight is 161 g/mol. The normalized spacial score (nSPS) is 15.9. The van der Waals surface area contributed by atoms with Crippen molar-refractivity contribution in [2.45, 2.75) is 19.4 Å². The summed E-state index contributed by atoms with van der Waals surface area (Å²) in [7, 11) is 1.58. The minimum Gasteiger partial charge on any atom is -0.480 e. The van der Waals surface area contributed by atoms with Gasteiger partial charge >= 0.3 is 5.97 Å². The minimum absolute atomic E-state index is 0.0348. The number of carboxylic acid groups (broad SMARTS) is 1. The highest BCUT2D eigenvalue weighted by Crippen LogP contribution is 2.05. The summed E-state index contributed by atoms with van der Waals surface area (Å²) >= 11 is 0. The number of aliphatic carboxylic acids is 1. The topological polar surface area (TPSA) is 72.5 Å². The van der Waals surface area contributed by atoms with Gasteiger partial charge < -0.3 is 15.6 Å². The van der Waals surface area contributed by atoms with Gasteiger partial charge in [0, 0.05) is 13.7 Å². The molecule has 0 saturated carbocycles. The maximum absolute atomic E-state index is 10.3. The van der Waals surface area contributed by atoms with Gasteiger partial charge in [0.25, 0.3) is 0 Å². The molecule has 0 aromatic heterocycles. The van der Waals surface area contributed by atoms with Crippen molar-refractivity contribution in [1.82, 2.24) is 0 Å². The van der Waals surface area contributed by atoms with Gasteiger partial charge in [-0.15, -0.1) is 0 Å². The predicted octanol–water partition coefficient (Wildman–Crippen LogP) is 0.0709. The van der Waals surface area contributed by atoms with E-state index in [0.717, 1.165) is 0 Å². The molecule has 11 heavy (non-hydrogen) atoms. The van der Waals surface area contributed by atoms with Crippen LogP contribution in [0.25, 0.3) is 0 Å². The predicted molar refractivity (Wildman–Crippen MR) is 41.3 cm³/mol. The first-order valence-electron chi connectivity index (χ1n) is 3.57. The van der Waals surface area contributed by atoms with Crippen LogP contribution in [0.4, 0.5) is 0 Å². The standard InChI is InChI=1S/C7H15NO3/c1-5(3-4-11-2)6(8)7(9)10/h5-6H,3-4,8H2,1-2H3,(H,9,10)/t5?,6-/m1/s1. The molecule has 0 spiro atoms. The molecule has 4 nitrogen and oxygen atoms in total. The summed E-state index contributed by atoms with van der Waals surface area (Å²) in [6, 6.07) is -0.773. The molecule has 0 aliphatic carbocycles. The van der Waals surface area contributed by atoms with Crippen molar-refractivity contribution >= 4 is 5.97 Å². The van der Waals surface area contributed by atoms with Gasteiger partial charge in [-0.25, -0.2) is 0 Å². The number of rotatable bonds is 5. The molecule has 66 valence electrons. The van der Waals surface area contributed by atoms with E-state index < -0.39 is 12.0 Å². The summed E-state index contributed by atoms with van der Waals surface area (Å²) in [6.45, 7) is 2.36. The Balaban J connectivity index is 3.63. The highest BCUT2D eigenvalue weighted by Gasteiger charge is 2.18. The monoisotopic (exact) mass is 161 g/mol. The number of methoxy groups -OCH3 is 1. The zero-order chi connectivity index (χ0) is 8.85. The van der Waals surface area contributed by atoms with Crippen LogP contribution in [0.15, 0.2) is 0 Å². The largest absolute Gasteiger partial charge is 0.480 e. The van der Waals surface area contributed by atoms with E-state index in [1.54, 1.807) is 14.0 Å². The first kappa shape index (κ1) is 10.4. The average Bonchev–Trinajstić information content (AvgIpc) is 1.98. The lowest BCUT2D eigenvalue weighted by atomic mass is 10.00. The van der Waals surface area contributed by atoms with E-state index in [4.69, 9.17) is 15.6 Å². The fraction of sp³-hybridized carbons (Fsp3) is 0.857. The second kappa shape index (κ2) is 5.09. The highest BCUT2D eigenvalue weighted by molar-refractivity contribution is 5.73. The van der Waals surface area contributed by atoms with Crippen molar-refractivity contribution in [2.75, 3.05) is 13.7 Å². The van der Waals surface area contributed by atoms with Gasteiger partial charge in [-0.3, -0.25) is 4.79 Å². The molecule has 0 aliphatic rings. The van der Waals surface area contributed by atoms with Crippen molar-refractivity contribution in [3.63, 3.8) is 0 Å². The fourth-order valence-corrected chi connectivity index (χ4v) is 0.727. The SMILES string of the molecule is COCCC(C)[C@@H](N)C(=O)O. The highest BCUT2D eigenvalue weighted by atomic mass is 16.5. The smallest absolute Gasteiger partial charge is 0.320 e. The number of ether oxygens (including phenoxy) is 1. The van der Waals surface area contributed by atoms with E-state index in [0.29, 0.717) is 13.0 Å².